The summed E-state index contributed by atoms with van der Waals surface area (Å²) in [5.74, 6) is 1.91. The molecule has 0 saturated carbocycles. The molecule has 1 atom stereocenters. The van der Waals surface area contributed by atoms with Crippen LogP contribution in [0.1, 0.15) is 34.7 Å². The van der Waals surface area contributed by atoms with Crippen LogP contribution in [0.2, 0.25) is 0 Å². The molecule has 0 radical (unpaired) electrons. The summed E-state index contributed by atoms with van der Waals surface area (Å²) in [6, 6.07) is 11.0. The minimum Gasteiger partial charge on any atom is -0.484 e. The number of nitrogens with one attached hydrogen (secondary N) is 1. The number of rotatable bonds is 7. The predicted octanol–water partition coefficient (Wildman–Crippen LogP) is 3.05. The summed E-state index contributed by atoms with van der Waals surface area (Å²) in [7, 11) is 0. The van der Waals surface area contributed by atoms with Gasteiger partial charge in [-0.05, 0) is 38.1 Å². The van der Waals surface area contributed by atoms with Crippen molar-refractivity contribution in [2.75, 3.05) is 6.79 Å². The molecule has 0 fully saturated rings. The van der Waals surface area contributed by atoms with Crippen LogP contribution >= 0.6 is 0 Å². The molecule has 1 aliphatic heterocycles. The molecule has 4 rings (SSSR count). The second kappa shape index (κ2) is 8.22. The minimum absolute atomic E-state index is 0.0929. The number of aromatic nitrogens is 2. The Morgan fingerprint density at radius 1 is 1.21 bits per heavy atom. The van der Waals surface area contributed by atoms with Crippen molar-refractivity contribution in [3.8, 4) is 17.2 Å². The number of ether oxygens (including phenoxy) is 3. The molecule has 0 unspecified atom stereocenters. The van der Waals surface area contributed by atoms with Crippen molar-refractivity contribution < 1.29 is 23.4 Å². The molecule has 0 bridgehead atoms. The monoisotopic (exact) mass is 395 g/mol. The van der Waals surface area contributed by atoms with Gasteiger partial charge in [-0.25, -0.2) is 4.98 Å². The molecule has 150 valence electrons. The van der Waals surface area contributed by atoms with Gasteiger partial charge in [0.1, 0.15) is 12.0 Å². The smallest absolute Gasteiger partial charge is 0.273 e. The van der Waals surface area contributed by atoms with Gasteiger partial charge in [-0.1, -0.05) is 6.07 Å². The Morgan fingerprint density at radius 3 is 2.93 bits per heavy atom. The first-order valence-corrected chi connectivity index (χ1v) is 9.27. The van der Waals surface area contributed by atoms with Gasteiger partial charge in [-0.2, -0.15) is 0 Å². The maximum Gasteiger partial charge on any atom is 0.273 e. The minimum atomic E-state index is -0.303. The van der Waals surface area contributed by atoms with E-state index >= 15 is 0 Å². The van der Waals surface area contributed by atoms with Gasteiger partial charge in [0, 0.05) is 29.9 Å². The standard InChI is InChI=1S/C21H21N3O5/c1-13-4-3-5-15(22-13)8-14(2)23-21(25)17-10-27-20(24-17)11-26-16-6-7-18-19(9-16)29-12-28-18/h3-7,9-10,14H,8,11-12H2,1-2H3,(H,23,25)/t14-/m0/s1. The van der Waals surface area contributed by atoms with Gasteiger partial charge < -0.3 is 23.9 Å². The molecule has 3 aromatic rings. The highest BCUT2D eigenvalue weighted by molar-refractivity contribution is 5.92. The molecule has 29 heavy (non-hydrogen) atoms. The lowest BCUT2D eigenvalue weighted by atomic mass is 10.1. The first kappa shape index (κ1) is 18.8. The highest BCUT2D eigenvalue weighted by atomic mass is 16.7. The molecule has 1 amide bonds. The fourth-order valence-corrected chi connectivity index (χ4v) is 2.97. The van der Waals surface area contributed by atoms with Gasteiger partial charge in [-0.15, -0.1) is 0 Å². The van der Waals surface area contributed by atoms with E-state index in [1.54, 1.807) is 18.2 Å². The number of aryl methyl sites for hydroxylation is 1. The molecule has 1 aliphatic rings. The number of carbonyl (C=O) groups is 1. The maximum absolute atomic E-state index is 12.4. The van der Waals surface area contributed by atoms with Gasteiger partial charge in [-0.3, -0.25) is 9.78 Å². The summed E-state index contributed by atoms with van der Waals surface area (Å²) >= 11 is 0. The molecule has 0 saturated heterocycles. The number of oxazole rings is 1. The van der Waals surface area contributed by atoms with E-state index in [1.165, 1.54) is 6.26 Å². The normalized spacial score (nSPS) is 13.2. The van der Waals surface area contributed by atoms with E-state index in [1.807, 2.05) is 32.0 Å². The first-order chi connectivity index (χ1) is 14.1. The number of fused-ring (bicyclic) bond motifs is 1. The van der Waals surface area contributed by atoms with E-state index in [-0.39, 0.29) is 31.0 Å². The molecular weight excluding hydrogens is 374 g/mol. The van der Waals surface area contributed by atoms with Crippen LogP contribution in [0.25, 0.3) is 0 Å². The van der Waals surface area contributed by atoms with Crippen LogP contribution in [0.15, 0.2) is 47.1 Å². The molecule has 8 nitrogen and oxygen atoms in total. The predicted molar refractivity (Wildman–Crippen MR) is 103 cm³/mol. The highest BCUT2D eigenvalue weighted by Gasteiger charge is 2.17. The second-order valence-corrected chi connectivity index (χ2v) is 6.78. The van der Waals surface area contributed by atoms with E-state index in [0.717, 1.165) is 11.4 Å². The van der Waals surface area contributed by atoms with Crippen LogP contribution in [0, 0.1) is 6.92 Å². The summed E-state index contributed by atoms with van der Waals surface area (Å²) in [4.78, 5) is 21.1. The number of nitrogens with zero attached hydrogens (tertiary/aromatic N) is 2. The van der Waals surface area contributed by atoms with Crippen LogP contribution in [-0.2, 0) is 13.0 Å². The Hall–Kier alpha value is -3.55. The lowest BCUT2D eigenvalue weighted by Crippen LogP contribution is -2.34. The van der Waals surface area contributed by atoms with E-state index in [2.05, 4.69) is 15.3 Å². The summed E-state index contributed by atoms with van der Waals surface area (Å²) < 4.78 is 21.6. The first-order valence-electron chi connectivity index (χ1n) is 9.27. The molecule has 8 heteroatoms. The van der Waals surface area contributed by atoms with Gasteiger partial charge in [0.05, 0.1) is 0 Å². The average molecular weight is 395 g/mol. The van der Waals surface area contributed by atoms with Gasteiger partial charge in [0.2, 0.25) is 12.7 Å². The van der Waals surface area contributed by atoms with Crippen molar-refractivity contribution in [2.45, 2.75) is 32.9 Å². The molecule has 0 aliphatic carbocycles. The Morgan fingerprint density at radius 2 is 2.07 bits per heavy atom. The maximum atomic E-state index is 12.4. The number of hydrogen-bond donors (Lipinski definition) is 1. The van der Waals surface area contributed by atoms with Crippen molar-refractivity contribution in [3.63, 3.8) is 0 Å². The Balaban J connectivity index is 1.30. The summed E-state index contributed by atoms with van der Waals surface area (Å²) in [5, 5.41) is 2.91. The second-order valence-electron chi connectivity index (χ2n) is 6.78. The van der Waals surface area contributed by atoms with Crippen molar-refractivity contribution in [3.05, 3.63) is 65.6 Å². The quantitative estimate of drug-likeness (QED) is 0.657. The topological polar surface area (TPSA) is 95.7 Å². The molecule has 3 heterocycles. The number of benzene rings is 1. The van der Waals surface area contributed by atoms with Crippen molar-refractivity contribution >= 4 is 5.91 Å². The average Bonchev–Trinajstić information content (AvgIpc) is 3.35. The molecule has 1 N–H and O–H groups in total. The molecule has 2 aromatic heterocycles. The lowest BCUT2D eigenvalue weighted by Gasteiger charge is -2.12. The van der Waals surface area contributed by atoms with Crippen LogP contribution in [0.4, 0.5) is 0 Å². The van der Waals surface area contributed by atoms with E-state index in [0.29, 0.717) is 29.6 Å². The largest absolute Gasteiger partial charge is 0.484 e. The van der Waals surface area contributed by atoms with Crippen molar-refractivity contribution in [2.24, 2.45) is 0 Å². The summed E-state index contributed by atoms with van der Waals surface area (Å²) in [6.07, 6.45) is 1.96. The Kier molecular flexibility index (Phi) is 5.33. The fraction of sp³-hybridized carbons (Fsp3) is 0.286. The fourth-order valence-electron chi connectivity index (χ4n) is 2.97. The van der Waals surface area contributed by atoms with Gasteiger partial charge in [0.25, 0.3) is 5.91 Å². The number of carbonyl (C=O) groups excluding carboxylic acids is 1. The zero-order valence-corrected chi connectivity index (χ0v) is 16.2. The molecule has 1 aromatic carbocycles. The Bertz CT molecular complexity index is 1020. The zero-order chi connectivity index (χ0) is 20.2. The lowest BCUT2D eigenvalue weighted by molar-refractivity contribution is 0.0935. The number of hydrogen-bond acceptors (Lipinski definition) is 7. The van der Waals surface area contributed by atoms with E-state index < -0.39 is 0 Å². The highest BCUT2D eigenvalue weighted by Crippen LogP contribution is 2.35. The third-order valence-electron chi connectivity index (χ3n) is 4.33. The SMILES string of the molecule is Cc1cccc(C[C@H](C)NC(=O)c2coc(COc3ccc4c(c3)OCO4)n2)n1. The van der Waals surface area contributed by atoms with E-state index in [9.17, 15) is 4.79 Å². The van der Waals surface area contributed by atoms with Crippen LogP contribution in [0.5, 0.6) is 17.2 Å². The third-order valence-corrected chi connectivity index (χ3v) is 4.33. The van der Waals surface area contributed by atoms with Crippen molar-refractivity contribution in [1.29, 1.82) is 0 Å². The summed E-state index contributed by atoms with van der Waals surface area (Å²) in [5.41, 5.74) is 2.08. The summed E-state index contributed by atoms with van der Waals surface area (Å²) in [6.45, 7) is 4.16. The van der Waals surface area contributed by atoms with Crippen molar-refractivity contribution in [1.82, 2.24) is 15.3 Å². The number of amides is 1. The van der Waals surface area contributed by atoms with E-state index in [4.69, 9.17) is 18.6 Å². The van der Waals surface area contributed by atoms with Crippen LogP contribution in [-0.4, -0.2) is 28.7 Å². The molecular formula is C21H21N3O5. The zero-order valence-electron chi connectivity index (χ0n) is 16.2. The van der Waals surface area contributed by atoms with Gasteiger partial charge in [0.15, 0.2) is 23.8 Å². The van der Waals surface area contributed by atoms with Gasteiger partial charge >= 0.3 is 0 Å². The Labute approximate surface area is 167 Å². The van der Waals surface area contributed by atoms with Crippen LogP contribution < -0.4 is 19.5 Å². The van der Waals surface area contributed by atoms with Crippen LogP contribution in [0.3, 0.4) is 0 Å². The third kappa shape index (κ3) is 4.66. The number of pyridine rings is 1. The molecule has 0 spiro atoms.